The molecule has 4 heteroatoms. The summed E-state index contributed by atoms with van der Waals surface area (Å²) in [6, 6.07) is 0. The Morgan fingerprint density at radius 3 is 3.18 bits per heavy atom. The van der Waals surface area contributed by atoms with Crippen molar-refractivity contribution in [3.63, 3.8) is 0 Å². The molecule has 17 heavy (non-hydrogen) atoms. The van der Waals surface area contributed by atoms with Gasteiger partial charge in [0.25, 0.3) is 0 Å². The molecule has 4 nitrogen and oxygen atoms in total. The van der Waals surface area contributed by atoms with Crippen LogP contribution in [-0.4, -0.2) is 36.1 Å². The molecule has 1 fully saturated rings. The maximum atomic E-state index is 5.85. The van der Waals surface area contributed by atoms with Crippen molar-refractivity contribution in [2.75, 3.05) is 26.2 Å². The lowest BCUT2D eigenvalue weighted by atomic mass is 9.98. The number of rotatable bonds is 4. The van der Waals surface area contributed by atoms with Crippen molar-refractivity contribution < 1.29 is 4.42 Å². The standard InChI is InChI=1S/C13H23N3O/c1-3-16-6-4-5-11(9-16)13-15-8-12(17-13)10(2)7-14/h8,10-11H,3-7,9,14H2,1-2H3. The zero-order valence-corrected chi connectivity index (χ0v) is 10.9. The highest BCUT2D eigenvalue weighted by molar-refractivity contribution is 5.05. The van der Waals surface area contributed by atoms with Gasteiger partial charge in [0.05, 0.1) is 6.20 Å². The fourth-order valence-corrected chi connectivity index (χ4v) is 2.38. The lowest BCUT2D eigenvalue weighted by molar-refractivity contribution is 0.200. The molecular weight excluding hydrogens is 214 g/mol. The molecule has 0 aromatic carbocycles. The highest BCUT2D eigenvalue weighted by Crippen LogP contribution is 2.27. The summed E-state index contributed by atoms with van der Waals surface area (Å²) in [7, 11) is 0. The number of piperidine rings is 1. The molecular formula is C13H23N3O. The Hall–Kier alpha value is -0.870. The molecule has 96 valence electrons. The van der Waals surface area contributed by atoms with Gasteiger partial charge in [0.15, 0.2) is 5.89 Å². The minimum Gasteiger partial charge on any atom is -0.445 e. The van der Waals surface area contributed by atoms with E-state index in [1.807, 2.05) is 6.20 Å². The van der Waals surface area contributed by atoms with E-state index in [1.165, 1.54) is 19.4 Å². The highest BCUT2D eigenvalue weighted by atomic mass is 16.4. The number of nitrogens with zero attached hydrogens (tertiary/aromatic N) is 2. The molecule has 0 spiro atoms. The minimum atomic E-state index is 0.266. The van der Waals surface area contributed by atoms with E-state index in [4.69, 9.17) is 10.2 Å². The van der Waals surface area contributed by atoms with E-state index in [9.17, 15) is 0 Å². The van der Waals surface area contributed by atoms with Gasteiger partial charge in [-0.15, -0.1) is 0 Å². The second-order valence-corrected chi connectivity index (χ2v) is 4.97. The Bertz CT molecular complexity index is 350. The van der Waals surface area contributed by atoms with Gasteiger partial charge in [-0.2, -0.15) is 0 Å². The third kappa shape index (κ3) is 2.87. The van der Waals surface area contributed by atoms with Gasteiger partial charge in [-0.25, -0.2) is 4.98 Å². The smallest absolute Gasteiger partial charge is 0.198 e. The average Bonchev–Trinajstić information content (AvgIpc) is 2.87. The van der Waals surface area contributed by atoms with Crippen LogP contribution in [0.25, 0.3) is 0 Å². The monoisotopic (exact) mass is 237 g/mol. The molecule has 1 aliphatic heterocycles. The van der Waals surface area contributed by atoms with Crippen LogP contribution in [0.2, 0.25) is 0 Å². The number of oxazole rings is 1. The Balaban J connectivity index is 2.04. The van der Waals surface area contributed by atoms with Gasteiger partial charge in [-0.3, -0.25) is 0 Å². The first-order valence-electron chi connectivity index (χ1n) is 6.62. The quantitative estimate of drug-likeness (QED) is 0.869. The number of likely N-dealkylation sites (tertiary alicyclic amines) is 1. The Morgan fingerprint density at radius 2 is 2.47 bits per heavy atom. The summed E-state index contributed by atoms with van der Waals surface area (Å²) in [5, 5.41) is 0. The summed E-state index contributed by atoms with van der Waals surface area (Å²) < 4.78 is 5.85. The zero-order valence-electron chi connectivity index (χ0n) is 10.9. The molecule has 1 saturated heterocycles. The molecule has 0 bridgehead atoms. The number of likely N-dealkylation sites (N-methyl/N-ethyl adjacent to an activating group) is 1. The van der Waals surface area contributed by atoms with Gasteiger partial charge in [0, 0.05) is 24.9 Å². The minimum absolute atomic E-state index is 0.266. The molecule has 0 radical (unpaired) electrons. The van der Waals surface area contributed by atoms with Gasteiger partial charge in [-0.1, -0.05) is 13.8 Å². The normalized spacial score (nSPS) is 23.8. The topological polar surface area (TPSA) is 55.3 Å². The zero-order chi connectivity index (χ0) is 12.3. The van der Waals surface area contributed by atoms with Crippen LogP contribution in [0.15, 0.2) is 10.6 Å². The van der Waals surface area contributed by atoms with Crippen LogP contribution in [0.5, 0.6) is 0 Å². The van der Waals surface area contributed by atoms with Crippen LogP contribution in [0, 0.1) is 0 Å². The van der Waals surface area contributed by atoms with Gasteiger partial charge < -0.3 is 15.1 Å². The molecule has 1 aromatic rings. The van der Waals surface area contributed by atoms with Crippen LogP contribution in [-0.2, 0) is 0 Å². The first-order chi connectivity index (χ1) is 8.24. The lowest BCUT2D eigenvalue weighted by Crippen LogP contribution is -2.34. The third-order valence-corrected chi connectivity index (χ3v) is 3.68. The van der Waals surface area contributed by atoms with Gasteiger partial charge in [-0.05, 0) is 25.9 Å². The fraction of sp³-hybridized carbons (Fsp3) is 0.769. The summed E-state index contributed by atoms with van der Waals surface area (Å²) in [4.78, 5) is 6.89. The largest absolute Gasteiger partial charge is 0.445 e. The van der Waals surface area contributed by atoms with E-state index >= 15 is 0 Å². The first-order valence-corrected chi connectivity index (χ1v) is 6.62. The molecule has 0 aliphatic carbocycles. The fourth-order valence-electron chi connectivity index (χ4n) is 2.38. The van der Waals surface area contributed by atoms with Crippen molar-refractivity contribution in [1.82, 2.24) is 9.88 Å². The van der Waals surface area contributed by atoms with Gasteiger partial charge in [0.1, 0.15) is 5.76 Å². The van der Waals surface area contributed by atoms with Crippen LogP contribution in [0.4, 0.5) is 0 Å². The summed E-state index contributed by atoms with van der Waals surface area (Å²) in [5.41, 5.74) is 5.64. The molecule has 0 amide bonds. The lowest BCUT2D eigenvalue weighted by Gasteiger charge is -2.30. The van der Waals surface area contributed by atoms with Crippen molar-refractivity contribution in [2.24, 2.45) is 5.73 Å². The van der Waals surface area contributed by atoms with E-state index in [1.54, 1.807) is 0 Å². The van der Waals surface area contributed by atoms with Crippen LogP contribution in [0.3, 0.4) is 0 Å². The van der Waals surface area contributed by atoms with Crippen molar-refractivity contribution in [3.05, 3.63) is 17.8 Å². The van der Waals surface area contributed by atoms with Gasteiger partial charge >= 0.3 is 0 Å². The Morgan fingerprint density at radius 1 is 1.65 bits per heavy atom. The van der Waals surface area contributed by atoms with Crippen molar-refractivity contribution in [1.29, 1.82) is 0 Å². The Kier molecular flexibility index (Phi) is 4.18. The second kappa shape index (κ2) is 5.65. The molecule has 0 saturated carbocycles. The summed E-state index contributed by atoms with van der Waals surface area (Å²) in [5.74, 6) is 2.55. The molecule has 2 N–H and O–H groups in total. The van der Waals surface area contributed by atoms with E-state index in [0.717, 1.165) is 24.7 Å². The average molecular weight is 237 g/mol. The summed E-state index contributed by atoms with van der Waals surface area (Å²) in [6.45, 7) is 8.29. The summed E-state index contributed by atoms with van der Waals surface area (Å²) >= 11 is 0. The van der Waals surface area contributed by atoms with Crippen molar-refractivity contribution in [3.8, 4) is 0 Å². The summed E-state index contributed by atoms with van der Waals surface area (Å²) in [6.07, 6.45) is 4.27. The molecule has 1 aromatic heterocycles. The predicted molar refractivity (Wildman–Crippen MR) is 68.1 cm³/mol. The number of hydrogen-bond acceptors (Lipinski definition) is 4. The van der Waals surface area contributed by atoms with E-state index in [-0.39, 0.29) is 5.92 Å². The molecule has 2 rings (SSSR count). The van der Waals surface area contributed by atoms with E-state index < -0.39 is 0 Å². The van der Waals surface area contributed by atoms with E-state index in [2.05, 4.69) is 23.7 Å². The third-order valence-electron chi connectivity index (χ3n) is 3.68. The second-order valence-electron chi connectivity index (χ2n) is 4.97. The maximum absolute atomic E-state index is 5.85. The number of hydrogen-bond donors (Lipinski definition) is 1. The SMILES string of the molecule is CCN1CCCC(c2ncc(C(C)CN)o2)C1. The van der Waals surface area contributed by atoms with Crippen molar-refractivity contribution >= 4 is 0 Å². The maximum Gasteiger partial charge on any atom is 0.198 e. The molecule has 1 aliphatic rings. The van der Waals surface area contributed by atoms with Crippen LogP contribution >= 0.6 is 0 Å². The molecule has 2 atom stereocenters. The van der Waals surface area contributed by atoms with Crippen molar-refractivity contribution in [2.45, 2.75) is 38.5 Å². The van der Waals surface area contributed by atoms with Crippen LogP contribution in [0.1, 0.15) is 50.2 Å². The van der Waals surface area contributed by atoms with Gasteiger partial charge in [0.2, 0.25) is 0 Å². The molecule has 2 unspecified atom stereocenters. The number of aromatic nitrogens is 1. The van der Waals surface area contributed by atoms with Crippen LogP contribution < -0.4 is 5.73 Å². The predicted octanol–water partition coefficient (Wildman–Crippen LogP) is 1.94. The first kappa shape index (κ1) is 12.6. The highest BCUT2D eigenvalue weighted by Gasteiger charge is 2.24. The molecule has 2 heterocycles. The van der Waals surface area contributed by atoms with E-state index in [0.29, 0.717) is 12.5 Å². The number of nitrogens with two attached hydrogens (primary N) is 1. The Labute approximate surface area is 103 Å².